The van der Waals surface area contributed by atoms with E-state index in [4.69, 9.17) is 4.74 Å². The molecule has 0 aliphatic rings. The molecule has 1 aromatic rings. The normalized spacial score (nSPS) is 10.9. The van der Waals surface area contributed by atoms with E-state index in [1.807, 2.05) is 20.8 Å². The summed E-state index contributed by atoms with van der Waals surface area (Å²) in [6, 6.07) is 3.53. The Labute approximate surface area is 138 Å². The van der Waals surface area contributed by atoms with Gasteiger partial charge in [-0.15, -0.1) is 0 Å². The highest BCUT2D eigenvalue weighted by molar-refractivity contribution is 5.90. The minimum Gasteiger partial charge on any atom is -0.444 e. The lowest BCUT2D eigenvalue weighted by molar-refractivity contribution is -0.116. The van der Waals surface area contributed by atoms with Crippen LogP contribution in [-0.4, -0.2) is 29.1 Å². The van der Waals surface area contributed by atoms with Gasteiger partial charge in [0.15, 0.2) is 0 Å². The Morgan fingerprint density at radius 1 is 1.09 bits per heavy atom. The molecule has 0 saturated heterocycles. The summed E-state index contributed by atoms with van der Waals surface area (Å²) < 4.78 is 5.15. The third-order valence-corrected chi connectivity index (χ3v) is 2.96. The Bertz CT molecular complexity index is 484. The number of anilines is 1. The molecule has 0 aromatic carbocycles. The molecule has 0 aliphatic heterocycles. The van der Waals surface area contributed by atoms with E-state index in [9.17, 15) is 9.59 Å². The van der Waals surface area contributed by atoms with Crippen molar-refractivity contribution in [3.05, 3.63) is 24.5 Å². The number of carbonyl (C=O) groups is 2. The monoisotopic (exact) mass is 321 g/mol. The maximum Gasteiger partial charge on any atom is 0.407 e. The first-order valence-corrected chi connectivity index (χ1v) is 8.03. The van der Waals surface area contributed by atoms with Gasteiger partial charge >= 0.3 is 6.09 Å². The van der Waals surface area contributed by atoms with Crippen LogP contribution < -0.4 is 10.6 Å². The second kappa shape index (κ2) is 9.82. The van der Waals surface area contributed by atoms with Gasteiger partial charge in [0, 0.05) is 31.0 Å². The predicted octanol–water partition coefficient (Wildman–Crippen LogP) is 3.50. The molecule has 0 aliphatic carbocycles. The van der Waals surface area contributed by atoms with Gasteiger partial charge in [-0.05, 0) is 45.7 Å². The Balaban J connectivity index is 1.99. The van der Waals surface area contributed by atoms with Crippen molar-refractivity contribution in [3.63, 3.8) is 0 Å². The predicted molar refractivity (Wildman–Crippen MR) is 90.2 cm³/mol. The van der Waals surface area contributed by atoms with Crippen molar-refractivity contribution in [2.45, 2.75) is 58.5 Å². The Morgan fingerprint density at radius 3 is 2.39 bits per heavy atom. The minimum atomic E-state index is -0.466. The lowest BCUT2D eigenvalue weighted by Gasteiger charge is -2.19. The molecule has 1 heterocycles. The zero-order valence-corrected chi connectivity index (χ0v) is 14.2. The second-order valence-corrected chi connectivity index (χ2v) is 6.38. The van der Waals surface area contributed by atoms with E-state index >= 15 is 0 Å². The number of alkyl carbamates (subject to hydrolysis) is 1. The van der Waals surface area contributed by atoms with Gasteiger partial charge in [-0.3, -0.25) is 9.78 Å². The van der Waals surface area contributed by atoms with Gasteiger partial charge in [-0.25, -0.2) is 4.79 Å². The van der Waals surface area contributed by atoms with Crippen LogP contribution in [-0.2, 0) is 9.53 Å². The lowest BCUT2D eigenvalue weighted by atomic mass is 10.1. The molecule has 1 aromatic heterocycles. The molecular formula is C17H27N3O3. The number of pyridine rings is 1. The molecule has 6 nitrogen and oxygen atoms in total. The highest BCUT2D eigenvalue weighted by Gasteiger charge is 2.15. The van der Waals surface area contributed by atoms with E-state index in [1.165, 1.54) is 0 Å². The van der Waals surface area contributed by atoms with E-state index in [0.717, 1.165) is 31.4 Å². The Hall–Kier alpha value is -2.11. The molecule has 0 atom stereocenters. The first-order chi connectivity index (χ1) is 10.9. The van der Waals surface area contributed by atoms with Crippen molar-refractivity contribution in [1.29, 1.82) is 0 Å². The number of carbonyl (C=O) groups excluding carboxylic acids is 2. The average molecular weight is 321 g/mol. The van der Waals surface area contributed by atoms with Crippen LogP contribution in [0.1, 0.15) is 52.9 Å². The molecular weight excluding hydrogens is 294 g/mol. The van der Waals surface area contributed by atoms with Gasteiger partial charge in [-0.1, -0.05) is 12.8 Å². The molecule has 1 rings (SSSR count). The maximum atomic E-state index is 11.7. The quantitative estimate of drug-likeness (QED) is 0.718. The molecule has 6 heteroatoms. The number of aromatic nitrogens is 1. The van der Waals surface area contributed by atoms with E-state index in [1.54, 1.807) is 24.5 Å². The van der Waals surface area contributed by atoms with Gasteiger partial charge in [0.2, 0.25) is 5.91 Å². The van der Waals surface area contributed by atoms with Crippen molar-refractivity contribution in [2.75, 3.05) is 11.9 Å². The summed E-state index contributed by atoms with van der Waals surface area (Å²) in [5, 5.41) is 5.55. The van der Waals surface area contributed by atoms with Crippen LogP contribution in [0.5, 0.6) is 0 Å². The number of nitrogens with zero attached hydrogens (tertiary/aromatic N) is 1. The number of rotatable bonds is 8. The second-order valence-electron chi connectivity index (χ2n) is 6.38. The Morgan fingerprint density at radius 2 is 1.74 bits per heavy atom. The highest BCUT2D eigenvalue weighted by Crippen LogP contribution is 2.08. The van der Waals surface area contributed by atoms with Gasteiger partial charge < -0.3 is 15.4 Å². The topological polar surface area (TPSA) is 80.3 Å². The van der Waals surface area contributed by atoms with Crippen molar-refractivity contribution in [3.8, 4) is 0 Å². The summed E-state index contributed by atoms with van der Waals surface area (Å²) >= 11 is 0. The van der Waals surface area contributed by atoms with Crippen molar-refractivity contribution >= 4 is 17.7 Å². The summed E-state index contributed by atoms with van der Waals surface area (Å²) in [5.74, 6) is 0.0167. The van der Waals surface area contributed by atoms with Crippen LogP contribution in [0.2, 0.25) is 0 Å². The molecule has 0 unspecified atom stereocenters. The Kier molecular flexibility index (Phi) is 8.08. The van der Waals surface area contributed by atoms with Crippen LogP contribution >= 0.6 is 0 Å². The number of unbranched alkanes of at least 4 members (excludes halogenated alkanes) is 3. The largest absolute Gasteiger partial charge is 0.444 e. The molecule has 128 valence electrons. The highest BCUT2D eigenvalue weighted by atomic mass is 16.6. The maximum absolute atomic E-state index is 11.7. The third kappa shape index (κ3) is 10.3. The van der Waals surface area contributed by atoms with Crippen LogP contribution in [0.3, 0.4) is 0 Å². The molecule has 0 fully saturated rings. The van der Waals surface area contributed by atoms with Gasteiger partial charge in [-0.2, -0.15) is 0 Å². The molecule has 2 amide bonds. The minimum absolute atomic E-state index is 0.0167. The molecule has 2 N–H and O–H groups in total. The van der Waals surface area contributed by atoms with E-state index in [0.29, 0.717) is 13.0 Å². The van der Waals surface area contributed by atoms with Crippen molar-refractivity contribution in [2.24, 2.45) is 0 Å². The van der Waals surface area contributed by atoms with Crippen LogP contribution in [0.25, 0.3) is 0 Å². The molecule has 0 bridgehead atoms. The summed E-state index contributed by atoms with van der Waals surface area (Å²) in [4.78, 5) is 27.0. The summed E-state index contributed by atoms with van der Waals surface area (Å²) in [5.41, 5.74) is 0.304. The molecule has 23 heavy (non-hydrogen) atoms. The van der Waals surface area contributed by atoms with Crippen molar-refractivity contribution in [1.82, 2.24) is 10.3 Å². The zero-order chi connectivity index (χ0) is 17.1. The van der Waals surface area contributed by atoms with Gasteiger partial charge in [0.1, 0.15) is 5.60 Å². The number of hydrogen-bond donors (Lipinski definition) is 2. The van der Waals surface area contributed by atoms with E-state index < -0.39 is 5.60 Å². The average Bonchev–Trinajstić information content (AvgIpc) is 2.45. The molecule has 0 radical (unpaired) electrons. The smallest absolute Gasteiger partial charge is 0.407 e. The van der Waals surface area contributed by atoms with Crippen LogP contribution in [0.4, 0.5) is 10.5 Å². The van der Waals surface area contributed by atoms with Crippen molar-refractivity contribution < 1.29 is 14.3 Å². The fourth-order valence-electron chi connectivity index (χ4n) is 1.93. The summed E-state index contributed by atoms with van der Waals surface area (Å²) in [6.45, 7) is 6.11. The molecule has 0 saturated carbocycles. The number of amides is 2. The van der Waals surface area contributed by atoms with Gasteiger partial charge in [0.25, 0.3) is 0 Å². The first kappa shape index (κ1) is 18.9. The lowest BCUT2D eigenvalue weighted by Crippen LogP contribution is -2.32. The fourth-order valence-corrected chi connectivity index (χ4v) is 1.93. The SMILES string of the molecule is CC(C)(C)OC(=O)NCCCCCCC(=O)Nc1ccncc1. The zero-order valence-electron chi connectivity index (χ0n) is 14.2. The van der Waals surface area contributed by atoms with Gasteiger partial charge in [0.05, 0.1) is 0 Å². The third-order valence-electron chi connectivity index (χ3n) is 2.96. The number of hydrogen-bond acceptors (Lipinski definition) is 4. The molecule has 0 spiro atoms. The van der Waals surface area contributed by atoms with E-state index in [-0.39, 0.29) is 12.0 Å². The standard InChI is InChI=1S/C17H27N3O3/c1-17(2,3)23-16(22)19-11-7-5-4-6-8-15(21)20-14-9-12-18-13-10-14/h9-10,12-13H,4-8,11H2,1-3H3,(H,19,22)(H,18,20,21). The fraction of sp³-hybridized carbons (Fsp3) is 0.588. The first-order valence-electron chi connectivity index (χ1n) is 8.03. The van der Waals surface area contributed by atoms with E-state index in [2.05, 4.69) is 15.6 Å². The van der Waals surface area contributed by atoms with Crippen LogP contribution in [0.15, 0.2) is 24.5 Å². The summed E-state index contributed by atoms with van der Waals surface area (Å²) in [7, 11) is 0. The summed E-state index contributed by atoms with van der Waals surface area (Å²) in [6.07, 6.45) is 7.06. The number of nitrogens with one attached hydrogen (secondary N) is 2. The van der Waals surface area contributed by atoms with Crippen LogP contribution in [0, 0.1) is 0 Å². The number of ether oxygens (including phenoxy) is 1.